The first kappa shape index (κ1) is 19.4. The minimum Gasteiger partial charge on any atom is -0.375 e. The molecule has 24 heavy (non-hydrogen) atoms. The van der Waals surface area contributed by atoms with E-state index in [1.54, 1.807) is 0 Å². The summed E-state index contributed by atoms with van der Waals surface area (Å²) in [7, 11) is 2.15. The molecule has 0 amide bonds. The molecule has 0 heterocycles. The SMILES string of the molecule is C=C(Br)COCC(Cc1ccccc1)N(C)Cc1ccccc1Br. The summed E-state index contributed by atoms with van der Waals surface area (Å²) in [6, 6.07) is 19.2. The molecule has 0 saturated heterocycles. The Kier molecular flexibility index (Phi) is 8.19. The monoisotopic (exact) mass is 451 g/mol. The molecule has 0 aliphatic rings. The first-order valence-electron chi connectivity index (χ1n) is 7.95. The molecular formula is C20H23Br2NO. The smallest absolute Gasteiger partial charge is 0.0776 e. The van der Waals surface area contributed by atoms with Crippen LogP contribution in [0.1, 0.15) is 11.1 Å². The number of rotatable bonds is 9. The van der Waals surface area contributed by atoms with E-state index in [4.69, 9.17) is 4.74 Å². The highest BCUT2D eigenvalue weighted by Gasteiger charge is 2.17. The minimum absolute atomic E-state index is 0.298. The lowest BCUT2D eigenvalue weighted by Crippen LogP contribution is -2.37. The maximum Gasteiger partial charge on any atom is 0.0776 e. The highest BCUT2D eigenvalue weighted by atomic mass is 79.9. The third kappa shape index (κ3) is 6.52. The molecule has 2 nitrogen and oxygen atoms in total. The average Bonchev–Trinajstić information content (AvgIpc) is 2.56. The van der Waals surface area contributed by atoms with Gasteiger partial charge in [-0.3, -0.25) is 4.90 Å². The molecule has 0 N–H and O–H groups in total. The third-order valence-corrected chi connectivity index (χ3v) is 4.89. The van der Waals surface area contributed by atoms with Crippen LogP contribution in [0.25, 0.3) is 0 Å². The van der Waals surface area contributed by atoms with E-state index in [0.717, 1.165) is 21.9 Å². The second kappa shape index (κ2) is 10.1. The van der Waals surface area contributed by atoms with Crippen molar-refractivity contribution in [2.24, 2.45) is 0 Å². The molecule has 0 radical (unpaired) electrons. The van der Waals surface area contributed by atoms with Crippen LogP contribution < -0.4 is 0 Å². The van der Waals surface area contributed by atoms with Gasteiger partial charge in [0.15, 0.2) is 0 Å². The van der Waals surface area contributed by atoms with Crippen LogP contribution in [0.4, 0.5) is 0 Å². The Morgan fingerprint density at radius 2 is 1.79 bits per heavy atom. The number of halogens is 2. The lowest BCUT2D eigenvalue weighted by molar-refractivity contribution is 0.0820. The Bertz CT molecular complexity index is 645. The van der Waals surface area contributed by atoms with Gasteiger partial charge in [-0.05, 0) is 30.7 Å². The molecule has 0 fully saturated rings. The van der Waals surface area contributed by atoms with Crippen LogP contribution in [-0.2, 0) is 17.7 Å². The van der Waals surface area contributed by atoms with Gasteiger partial charge in [0.1, 0.15) is 0 Å². The standard InChI is InChI=1S/C20H23Br2NO/c1-16(21)14-24-15-19(12-17-8-4-3-5-9-17)23(2)13-18-10-6-7-11-20(18)22/h3-11,19H,1,12-15H2,2H3. The van der Waals surface area contributed by atoms with E-state index >= 15 is 0 Å². The lowest BCUT2D eigenvalue weighted by Gasteiger charge is -2.28. The third-order valence-electron chi connectivity index (χ3n) is 3.88. The number of ether oxygens (including phenoxy) is 1. The number of benzene rings is 2. The lowest BCUT2D eigenvalue weighted by atomic mass is 10.0. The Morgan fingerprint density at radius 3 is 2.46 bits per heavy atom. The molecule has 0 spiro atoms. The van der Waals surface area contributed by atoms with Gasteiger partial charge in [0, 0.05) is 21.5 Å². The molecule has 2 aromatic rings. The normalized spacial score (nSPS) is 12.3. The summed E-state index contributed by atoms with van der Waals surface area (Å²) in [5, 5.41) is 0. The Morgan fingerprint density at radius 1 is 1.12 bits per heavy atom. The van der Waals surface area contributed by atoms with E-state index in [1.807, 2.05) is 6.07 Å². The second-order valence-electron chi connectivity index (χ2n) is 5.88. The number of nitrogens with zero attached hydrogens (tertiary/aromatic N) is 1. The molecule has 0 aliphatic heterocycles. The molecule has 0 aliphatic carbocycles. The average molecular weight is 453 g/mol. The summed E-state index contributed by atoms with van der Waals surface area (Å²) in [6.45, 7) is 5.91. The van der Waals surface area contributed by atoms with Gasteiger partial charge in [0.2, 0.25) is 0 Å². The van der Waals surface area contributed by atoms with Crippen molar-refractivity contribution >= 4 is 31.9 Å². The van der Waals surface area contributed by atoms with Crippen LogP contribution >= 0.6 is 31.9 Å². The van der Waals surface area contributed by atoms with Crippen molar-refractivity contribution < 1.29 is 4.74 Å². The zero-order valence-corrected chi connectivity index (χ0v) is 17.1. The van der Waals surface area contributed by atoms with Crippen molar-refractivity contribution in [1.82, 2.24) is 4.90 Å². The maximum atomic E-state index is 5.82. The fraction of sp³-hybridized carbons (Fsp3) is 0.300. The van der Waals surface area contributed by atoms with Gasteiger partial charge >= 0.3 is 0 Å². The van der Waals surface area contributed by atoms with Crippen molar-refractivity contribution in [1.29, 1.82) is 0 Å². The molecule has 2 rings (SSSR count). The van der Waals surface area contributed by atoms with Crippen molar-refractivity contribution in [2.45, 2.75) is 19.0 Å². The quantitative estimate of drug-likeness (QED) is 0.503. The van der Waals surface area contributed by atoms with E-state index in [9.17, 15) is 0 Å². The molecule has 0 saturated carbocycles. The summed E-state index contributed by atoms with van der Waals surface area (Å²) in [6.07, 6.45) is 0.955. The summed E-state index contributed by atoms with van der Waals surface area (Å²) in [5.74, 6) is 0. The fourth-order valence-electron chi connectivity index (χ4n) is 2.56. The molecule has 2 aromatic carbocycles. The van der Waals surface area contributed by atoms with Gasteiger partial charge in [0.05, 0.1) is 13.2 Å². The maximum absolute atomic E-state index is 5.82. The van der Waals surface area contributed by atoms with Crippen LogP contribution in [0.3, 0.4) is 0 Å². The number of hydrogen-bond acceptors (Lipinski definition) is 2. The predicted octanol–water partition coefficient (Wildman–Crippen LogP) is 5.42. The van der Waals surface area contributed by atoms with E-state index in [2.05, 4.69) is 98.9 Å². The van der Waals surface area contributed by atoms with E-state index in [1.165, 1.54) is 11.1 Å². The van der Waals surface area contributed by atoms with Crippen LogP contribution in [0, 0.1) is 0 Å². The Balaban J connectivity index is 2.05. The topological polar surface area (TPSA) is 12.5 Å². The van der Waals surface area contributed by atoms with Crippen molar-refractivity contribution in [2.75, 3.05) is 20.3 Å². The van der Waals surface area contributed by atoms with E-state index < -0.39 is 0 Å². The van der Waals surface area contributed by atoms with Crippen LogP contribution in [-0.4, -0.2) is 31.2 Å². The molecule has 128 valence electrons. The summed E-state index contributed by atoms with van der Waals surface area (Å²) in [4.78, 5) is 2.35. The van der Waals surface area contributed by atoms with Crippen molar-refractivity contribution in [3.8, 4) is 0 Å². The zero-order chi connectivity index (χ0) is 17.4. The second-order valence-corrected chi connectivity index (χ2v) is 7.86. The minimum atomic E-state index is 0.298. The van der Waals surface area contributed by atoms with Crippen molar-refractivity contribution in [3.05, 3.63) is 81.3 Å². The van der Waals surface area contributed by atoms with E-state index in [-0.39, 0.29) is 0 Å². The zero-order valence-electron chi connectivity index (χ0n) is 13.9. The van der Waals surface area contributed by atoms with Crippen molar-refractivity contribution in [3.63, 3.8) is 0 Å². The summed E-state index contributed by atoms with van der Waals surface area (Å²) >= 11 is 6.99. The molecule has 1 atom stereocenters. The first-order chi connectivity index (χ1) is 11.6. The van der Waals surface area contributed by atoms with Gasteiger partial charge in [-0.2, -0.15) is 0 Å². The summed E-state index contributed by atoms with van der Waals surface area (Å²) < 4.78 is 7.83. The Hall–Kier alpha value is -0.940. The van der Waals surface area contributed by atoms with Gasteiger partial charge in [-0.15, -0.1) is 0 Å². The van der Waals surface area contributed by atoms with Gasteiger partial charge in [0.25, 0.3) is 0 Å². The van der Waals surface area contributed by atoms with Gasteiger partial charge < -0.3 is 4.74 Å². The molecule has 0 bridgehead atoms. The Labute approximate surface area is 161 Å². The molecule has 4 heteroatoms. The highest BCUT2D eigenvalue weighted by molar-refractivity contribution is 9.11. The molecule has 0 aromatic heterocycles. The van der Waals surface area contributed by atoms with Crippen LogP contribution in [0.15, 0.2) is 70.1 Å². The van der Waals surface area contributed by atoms with Crippen LogP contribution in [0.5, 0.6) is 0 Å². The van der Waals surface area contributed by atoms with Crippen LogP contribution in [0.2, 0.25) is 0 Å². The van der Waals surface area contributed by atoms with E-state index in [0.29, 0.717) is 19.3 Å². The highest BCUT2D eigenvalue weighted by Crippen LogP contribution is 2.19. The fourth-order valence-corrected chi connectivity index (χ4v) is 3.13. The number of hydrogen-bond donors (Lipinski definition) is 0. The summed E-state index contributed by atoms with van der Waals surface area (Å²) in [5.41, 5.74) is 2.60. The van der Waals surface area contributed by atoms with Gasteiger partial charge in [-0.25, -0.2) is 0 Å². The number of likely N-dealkylation sites (N-methyl/N-ethyl adjacent to an activating group) is 1. The van der Waals surface area contributed by atoms with Gasteiger partial charge in [-0.1, -0.05) is 87.0 Å². The first-order valence-corrected chi connectivity index (χ1v) is 9.53. The largest absolute Gasteiger partial charge is 0.375 e. The molecular weight excluding hydrogens is 430 g/mol. The predicted molar refractivity (Wildman–Crippen MR) is 108 cm³/mol. The molecule has 1 unspecified atom stereocenters.